The van der Waals surface area contributed by atoms with Gasteiger partial charge in [-0.15, -0.1) is 22.7 Å². The predicted molar refractivity (Wildman–Crippen MR) is 114 cm³/mol. The van der Waals surface area contributed by atoms with Crippen LogP contribution in [0.3, 0.4) is 0 Å². The highest BCUT2D eigenvalue weighted by molar-refractivity contribution is 9.11. The van der Waals surface area contributed by atoms with Gasteiger partial charge in [0, 0.05) is 10.9 Å². The second-order valence-electron chi connectivity index (χ2n) is 5.54. The monoisotopic (exact) mass is 456 g/mol. The fraction of sp³-hybridized carbons (Fsp3) is 0. The summed E-state index contributed by atoms with van der Waals surface area (Å²) in [6.07, 6.45) is 0. The SMILES string of the molecule is O=C(Nc1nc(-c2ccc(Oc3ccccc3)cc2)cs1)c1ccc(Br)s1. The Bertz CT molecular complexity index is 1060. The number of ether oxygens (including phenoxy) is 1. The van der Waals surface area contributed by atoms with Crippen LogP contribution in [0.25, 0.3) is 11.3 Å². The van der Waals surface area contributed by atoms with Crippen molar-refractivity contribution in [2.24, 2.45) is 0 Å². The number of benzene rings is 2. The summed E-state index contributed by atoms with van der Waals surface area (Å²) in [5.41, 5.74) is 1.78. The summed E-state index contributed by atoms with van der Waals surface area (Å²) in [6, 6.07) is 21.0. The molecule has 0 radical (unpaired) electrons. The number of anilines is 1. The number of carbonyl (C=O) groups excluding carboxylic acids is 1. The molecule has 0 saturated heterocycles. The van der Waals surface area contributed by atoms with Crippen molar-refractivity contribution >= 4 is 49.6 Å². The Labute approximate surface area is 172 Å². The first-order valence-corrected chi connectivity index (χ1v) is 10.5. The van der Waals surface area contributed by atoms with Crippen LogP contribution in [0.15, 0.2) is 75.9 Å². The van der Waals surface area contributed by atoms with E-state index in [2.05, 4.69) is 26.2 Å². The lowest BCUT2D eigenvalue weighted by molar-refractivity contribution is 0.103. The number of hydrogen-bond donors (Lipinski definition) is 1. The van der Waals surface area contributed by atoms with Gasteiger partial charge in [-0.3, -0.25) is 10.1 Å². The molecule has 4 nitrogen and oxygen atoms in total. The molecule has 0 saturated carbocycles. The molecular formula is C20H13BrN2O2S2. The first-order valence-electron chi connectivity index (χ1n) is 8.03. The minimum absolute atomic E-state index is 0.154. The maximum Gasteiger partial charge on any atom is 0.267 e. The largest absolute Gasteiger partial charge is 0.457 e. The van der Waals surface area contributed by atoms with E-state index >= 15 is 0 Å². The summed E-state index contributed by atoms with van der Waals surface area (Å²) in [5.74, 6) is 1.40. The lowest BCUT2D eigenvalue weighted by atomic mass is 10.2. The van der Waals surface area contributed by atoms with E-state index in [4.69, 9.17) is 4.74 Å². The molecular weight excluding hydrogens is 444 g/mol. The van der Waals surface area contributed by atoms with E-state index in [1.54, 1.807) is 6.07 Å². The van der Waals surface area contributed by atoms with Crippen LogP contribution in [0, 0.1) is 0 Å². The average molecular weight is 457 g/mol. The Kier molecular flexibility index (Phi) is 5.33. The molecule has 0 fully saturated rings. The van der Waals surface area contributed by atoms with Gasteiger partial charge in [0.1, 0.15) is 11.5 Å². The van der Waals surface area contributed by atoms with Crippen LogP contribution in [0.4, 0.5) is 5.13 Å². The third-order valence-corrected chi connectivity index (χ3v) is 6.03. The molecule has 0 atom stereocenters. The van der Waals surface area contributed by atoms with Crippen LogP contribution in [-0.4, -0.2) is 10.9 Å². The highest BCUT2D eigenvalue weighted by Crippen LogP contribution is 2.29. The van der Waals surface area contributed by atoms with Crippen molar-refractivity contribution in [1.29, 1.82) is 0 Å². The molecule has 4 rings (SSSR count). The van der Waals surface area contributed by atoms with E-state index in [1.165, 1.54) is 22.7 Å². The summed E-state index contributed by atoms with van der Waals surface area (Å²) >= 11 is 6.15. The fourth-order valence-corrected chi connectivity index (χ4v) is 4.37. The smallest absolute Gasteiger partial charge is 0.267 e. The van der Waals surface area contributed by atoms with Crippen molar-refractivity contribution in [2.45, 2.75) is 0 Å². The van der Waals surface area contributed by atoms with E-state index in [0.717, 1.165) is 26.5 Å². The van der Waals surface area contributed by atoms with E-state index in [-0.39, 0.29) is 5.91 Å². The number of para-hydroxylation sites is 1. The van der Waals surface area contributed by atoms with E-state index < -0.39 is 0 Å². The number of rotatable bonds is 5. The topological polar surface area (TPSA) is 51.2 Å². The van der Waals surface area contributed by atoms with Gasteiger partial charge in [-0.2, -0.15) is 0 Å². The first-order chi connectivity index (χ1) is 13.2. The first kappa shape index (κ1) is 17.9. The fourth-order valence-electron chi connectivity index (χ4n) is 2.38. The zero-order valence-corrected chi connectivity index (χ0v) is 17.1. The molecule has 0 spiro atoms. The van der Waals surface area contributed by atoms with Crippen molar-refractivity contribution in [3.8, 4) is 22.8 Å². The summed E-state index contributed by atoms with van der Waals surface area (Å²) in [7, 11) is 0. The number of thiazole rings is 1. The quantitative estimate of drug-likeness (QED) is 0.364. The van der Waals surface area contributed by atoms with Crippen LogP contribution in [-0.2, 0) is 0 Å². The number of aromatic nitrogens is 1. The van der Waals surface area contributed by atoms with Crippen molar-refractivity contribution in [1.82, 2.24) is 4.98 Å². The molecule has 1 amide bonds. The molecule has 0 aliphatic carbocycles. The molecule has 0 unspecified atom stereocenters. The number of amides is 1. The lowest BCUT2D eigenvalue weighted by Crippen LogP contribution is -2.09. The van der Waals surface area contributed by atoms with Crippen LogP contribution >= 0.6 is 38.6 Å². The highest BCUT2D eigenvalue weighted by atomic mass is 79.9. The minimum atomic E-state index is -0.154. The molecule has 0 aliphatic rings. The number of hydrogen-bond acceptors (Lipinski definition) is 5. The van der Waals surface area contributed by atoms with Gasteiger partial charge in [-0.25, -0.2) is 4.98 Å². The van der Waals surface area contributed by atoms with Gasteiger partial charge in [0.15, 0.2) is 5.13 Å². The summed E-state index contributed by atoms with van der Waals surface area (Å²) in [4.78, 5) is 17.4. The van der Waals surface area contributed by atoms with Crippen molar-refractivity contribution in [3.05, 3.63) is 80.8 Å². The zero-order valence-electron chi connectivity index (χ0n) is 13.9. The molecule has 2 aromatic carbocycles. The molecule has 4 aromatic rings. The average Bonchev–Trinajstić information content (AvgIpc) is 3.32. The number of halogens is 1. The van der Waals surface area contributed by atoms with Crippen LogP contribution in [0.5, 0.6) is 11.5 Å². The maximum atomic E-state index is 12.2. The van der Waals surface area contributed by atoms with E-state index in [1.807, 2.05) is 66.0 Å². The Morgan fingerprint density at radius 1 is 0.963 bits per heavy atom. The van der Waals surface area contributed by atoms with Crippen molar-refractivity contribution in [3.63, 3.8) is 0 Å². The number of nitrogens with zero attached hydrogens (tertiary/aromatic N) is 1. The van der Waals surface area contributed by atoms with E-state index in [9.17, 15) is 4.79 Å². The Hall–Kier alpha value is -2.48. The van der Waals surface area contributed by atoms with Gasteiger partial charge in [-0.1, -0.05) is 18.2 Å². The second kappa shape index (κ2) is 8.04. The van der Waals surface area contributed by atoms with Gasteiger partial charge < -0.3 is 4.74 Å². The van der Waals surface area contributed by atoms with Gasteiger partial charge in [-0.05, 0) is 64.5 Å². The van der Waals surface area contributed by atoms with Crippen LogP contribution in [0.1, 0.15) is 9.67 Å². The van der Waals surface area contributed by atoms with Gasteiger partial charge in [0.05, 0.1) is 14.4 Å². The van der Waals surface area contributed by atoms with Crippen molar-refractivity contribution in [2.75, 3.05) is 5.32 Å². The molecule has 7 heteroatoms. The predicted octanol–water partition coefficient (Wildman–Crippen LogP) is 6.68. The molecule has 2 aromatic heterocycles. The number of carbonyl (C=O) groups is 1. The highest BCUT2D eigenvalue weighted by Gasteiger charge is 2.12. The van der Waals surface area contributed by atoms with Crippen LogP contribution in [0.2, 0.25) is 0 Å². The third kappa shape index (κ3) is 4.44. The van der Waals surface area contributed by atoms with Gasteiger partial charge in [0.2, 0.25) is 0 Å². The number of nitrogens with one attached hydrogen (secondary N) is 1. The van der Waals surface area contributed by atoms with Gasteiger partial charge >= 0.3 is 0 Å². The third-order valence-electron chi connectivity index (χ3n) is 3.65. The second-order valence-corrected chi connectivity index (χ2v) is 8.86. The van der Waals surface area contributed by atoms with E-state index in [0.29, 0.717) is 10.0 Å². The minimum Gasteiger partial charge on any atom is -0.457 e. The molecule has 0 bridgehead atoms. The maximum absolute atomic E-state index is 12.2. The molecule has 27 heavy (non-hydrogen) atoms. The normalized spacial score (nSPS) is 10.6. The summed E-state index contributed by atoms with van der Waals surface area (Å²) in [6.45, 7) is 0. The Morgan fingerprint density at radius 3 is 2.41 bits per heavy atom. The Morgan fingerprint density at radius 2 is 1.70 bits per heavy atom. The van der Waals surface area contributed by atoms with Crippen molar-refractivity contribution < 1.29 is 9.53 Å². The molecule has 0 aliphatic heterocycles. The zero-order chi connectivity index (χ0) is 18.6. The molecule has 2 heterocycles. The molecule has 134 valence electrons. The molecule has 1 N–H and O–H groups in total. The lowest BCUT2D eigenvalue weighted by Gasteiger charge is -2.05. The Balaban J connectivity index is 1.44. The van der Waals surface area contributed by atoms with Crippen LogP contribution < -0.4 is 10.1 Å². The summed E-state index contributed by atoms with van der Waals surface area (Å²) < 4.78 is 6.72. The summed E-state index contributed by atoms with van der Waals surface area (Å²) in [5, 5.41) is 5.34. The standard InChI is InChI=1S/C20H13BrN2O2S2/c21-18-11-10-17(27-18)19(24)23-20-22-16(12-26-20)13-6-8-15(9-7-13)25-14-4-2-1-3-5-14/h1-12H,(H,22,23,24). The number of thiophene rings is 1. The van der Waals surface area contributed by atoms with Gasteiger partial charge in [0.25, 0.3) is 5.91 Å².